The van der Waals surface area contributed by atoms with E-state index in [2.05, 4.69) is 15.3 Å². The lowest BCUT2D eigenvalue weighted by atomic mass is 10.2. The topological polar surface area (TPSA) is 59.4 Å². The molecule has 6 nitrogen and oxygen atoms in total. The standard InChI is InChI=1S/C14H24N4O2/c1-4-18-10-13(12(3)16-18)14(19)15-11(2)9-17-5-7-20-8-6-17/h10-11H,4-9H2,1-3H3,(H,15,19)/t11-/m0/s1. The summed E-state index contributed by atoms with van der Waals surface area (Å²) in [6.45, 7) is 11.0. The fourth-order valence-corrected chi connectivity index (χ4v) is 2.42. The van der Waals surface area contributed by atoms with Gasteiger partial charge in [-0.15, -0.1) is 0 Å². The Labute approximate surface area is 120 Å². The number of carbonyl (C=O) groups excluding carboxylic acids is 1. The van der Waals surface area contributed by atoms with Crippen LogP contribution in [-0.2, 0) is 11.3 Å². The lowest BCUT2D eigenvalue weighted by molar-refractivity contribution is 0.0342. The maximum atomic E-state index is 12.2. The van der Waals surface area contributed by atoms with E-state index in [-0.39, 0.29) is 11.9 Å². The molecule has 1 fully saturated rings. The summed E-state index contributed by atoms with van der Waals surface area (Å²) in [5, 5.41) is 7.35. The van der Waals surface area contributed by atoms with E-state index in [1.807, 2.05) is 27.0 Å². The highest BCUT2D eigenvalue weighted by molar-refractivity contribution is 5.95. The number of nitrogens with zero attached hydrogens (tertiary/aromatic N) is 3. The molecule has 0 spiro atoms. The minimum Gasteiger partial charge on any atom is -0.379 e. The van der Waals surface area contributed by atoms with Crippen LogP contribution in [-0.4, -0.2) is 59.5 Å². The zero-order valence-corrected chi connectivity index (χ0v) is 12.6. The summed E-state index contributed by atoms with van der Waals surface area (Å²) in [5.41, 5.74) is 1.45. The molecule has 20 heavy (non-hydrogen) atoms. The average molecular weight is 280 g/mol. The van der Waals surface area contributed by atoms with Gasteiger partial charge in [0.15, 0.2) is 0 Å². The summed E-state index contributed by atoms with van der Waals surface area (Å²) < 4.78 is 7.11. The SMILES string of the molecule is CCn1cc(C(=O)N[C@@H](C)CN2CCOCC2)c(C)n1. The average Bonchev–Trinajstić information content (AvgIpc) is 2.81. The van der Waals surface area contributed by atoms with Gasteiger partial charge in [0.25, 0.3) is 5.91 Å². The lowest BCUT2D eigenvalue weighted by Gasteiger charge is -2.29. The van der Waals surface area contributed by atoms with E-state index in [4.69, 9.17) is 4.74 Å². The zero-order chi connectivity index (χ0) is 14.5. The van der Waals surface area contributed by atoms with E-state index in [9.17, 15) is 4.79 Å². The van der Waals surface area contributed by atoms with Gasteiger partial charge in [0.05, 0.1) is 24.5 Å². The second kappa shape index (κ2) is 6.85. The predicted molar refractivity (Wildman–Crippen MR) is 76.8 cm³/mol. The van der Waals surface area contributed by atoms with E-state index >= 15 is 0 Å². The van der Waals surface area contributed by atoms with Crippen LogP contribution in [0, 0.1) is 6.92 Å². The first-order valence-electron chi connectivity index (χ1n) is 7.25. The molecule has 1 aliphatic rings. The third-order valence-electron chi connectivity index (χ3n) is 3.53. The second-order valence-corrected chi connectivity index (χ2v) is 5.27. The van der Waals surface area contributed by atoms with Gasteiger partial charge in [-0.3, -0.25) is 14.4 Å². The Balaban J connectivity index is 1.87. The number of ether oxygens (including phenoxy) is 1. The highest BCUT2D eigenvalue weighted by Gasteiger charge is 2.18. The summed E-state index contributed by atoms with van der Waals surface area (Å²) in [7, 11) is 0. The molecule has 112 valence electrons. The fraction of sp³-hybridized carbons (Fsp3) is 0.714. The minimum absolute atomic E-state index is 0.0389. The van der Waals surface area contributed by atoms with Crippen LogP contribution in [0.5, 0.6) is 0 Å². The molecule has 0 unspecified atom stereocenters. The van der Waals surface area contributed by atoms with Crippen molar-refractivity contribution >= 4 is 5.91 Å². The molecule has 0 saturated carbocycles. The maximum absolute atomic E-state index is 12.2. The first kappa shape index (κ1) is 15.0. The van der Waals surface area contributed by atoms with Gasteiger partial charge in [-0.25, -0.2) is 0 Å². The molecule has 0 bridgehead atoms. The van der Waals surface area contributed by atoms with Crippen molar-refractivity contribution < 1.29 is 9.53 Å². The largest absolute Gasteiger partial charge is 0.379 e. The number of morpholine rings is 1. The van der Waals surface area contributed by atoms with Crippen molar-refractivity contribution in [2.24, 2.45) is 0 Å². The van der Waals surface area contributed by atoms with Crippen molar-refractivity contribution in [1.82, 2.24) is 20.0 Å². The molecule has 0 aromatic carbocycles. The van der Waals surface area contributed by atoms with Crippen molar-refractivity contribution in [3.05, 3.63) is 17.5 Å². The van der Waals surface area contributed by atoms with Crippen LogP contribution in [0.25, 0.3) is 0 Å². The quantitative estimate of drug-likeness (QED) is 0.861. The van der Waals surface area contributed by atoms with Gasteiger partial charge in [-0.1, -0.05) is 0 Å². The normalized spacial score (nSPS) is 17.9. The summed E-state index contributed by atoms with van der Waals surface area (Å²) in [6.07, 6.45) is 1.81. The Morgan fingerprint density at radius 3 is 2.80 bits per heavy atom. The summed E-state index contributed by atoms with van der Waals surface area (Å²) >= 11 is 0. The van der Waals surface area contributed by atoms with Crippen molar-refractivity contribution in [3.8, 4) is 0 Å². The number of rotatable bonds is 5. The fourth-order valence-electron chi connectivity index (χ4n) is 2.42. The third kappa shape index (κ3) is 3.80. The Morgan fingerprint density at radius 2 is 2.20 bits per heavy atom. The van der Waals surface area contributed by atoms with Crippen LogP contribution in [0.2, 0.25) is 0 Å². The summed E-state index contributed by atoms with van der Waals surface area (Å²) in [6, 6.07) is 0.116. The van der Waals surface area contributed by atoms with Crippen LogP contribution in [0.4, 0.5) is 0 Å². The van der Waals surface area contributed by atoms with E-state index in [1.165, 1.54) is 0 Å². The van der Waals surface area contributed by atoms with E-state index in [0.29, 0.717) is 5.56 Å². The molecular weight excluding hydrogens is 256 g/mol. The molecule has 2 heterocycles. The number of aromatic nitrogens is 2. The van der Waals surface area contributed by atoms with Gasteiger partial charge in [0, 0.05) is 38.4 Å². The zero-order valence-electron chi connectivity index (χ0n) is 12.6. The smallest absolute Gasteiger partial charge is 0.254 e. The lowest BCUT2D eigenvalue weighted by Crippen LogP contribution is -2.46. The third-order valence-corrected chi connectivity index (χ3v) is 3.53. The Kier molecular flexibility index (Phi) is 5.14. The van der Waals surface area contributed by atoms with E-state index in [0.717, 1.165) is 45.1 Å². The maximum Gasteiger partial charge on any atom is 0.254 e. The van der Waals surface area contributed by atoms with Crippen molar-refractivity contribution in [2.75, 3.05) is 32.8 Å². The van der Waals surface area contributed by atoms with Crippen LogP contribution < -0.4 is 5.32 Å². The molecule has 0 aliphatic carbocycles. The summed E-state index contributed by atoms with van der Waals surface area (Å²) in [5.74, 6) is -0.0389. The van der Waals surface area contributed by atoms with Crippen LogP contribution in [0.15, 0.2) is 6.20 Å². The van der Waals surface area contributed by atoms with Gasteiger partial charge >= 0.3 is 0 Å². The predicted octanol–water partition coefficient (Wildman–Crippen LogP) is 0.662. The van der Waals surface area contributed by atoms with Crippen molar-refractivity contribution in [1.29, 1.82) is 0 Å². The molecule has 1 N–H and O–H groups in total. The Hall–Kier alpha value is -1.40. The van der Waals surface area contributed by atoms with Gasteiger partial charge in [-0.05, 0) is 20.8 Å². The highest BCUT2D eigenvalue weighted by Crippen LogP contribution is 2.06. The van der Waals surface area contributed by atoms with Crippen molar-refractivity contribution in [2.45, 2.75) is 33.4 Å². The van der Waals surface area contributed by atoms with E-state index < -0.39 is 0 Å². The van der Waals surface area contributed by atoms with Gasteiger partial charge in [0.1, 0.15) is 0 Å². The molecule has 1 aromatic rings. The number of aryl methyl sites for hydroxylation is 2. The summed E-state index contributed by atoms with van der Waals surface area (Å²) in [4.78, 5) is 14.6. The molecule has 1 aromatic heterocycles. The van der Waals surface area contributed by atoms with Crippen LogP contribution >= 0.6 is 0 Å². The number of nitrogens with one attached hydrogen (secondary N) is 1. The number of carbonyl (C=O) groups is 1. The molecule has 1 saturated heterocycles. The molecule has 1 atom stereocenters. The van der Waals surface area contributed by atoms with Gasteiger partial charge < -0.3 is 10.1 Å². The molecular formula is C14H24N4O2. The van der Waals surface area contributed by atoms with Crippen molar-refractivity contribution in [3.63, 3.8) is 0 Å². The Morgan fingerprint density at radius 1 is 1.50 bits per heavy atom. The second-order valence-electron chi connectivity index (χ2n) is 5.27. The first-order valence-corrected chi connectivity index (χ1v) is 7.25. The molecule has 1 amide bonds. The van der Waals surface area contributed by atoms with Crippen LogP contribution in [0.1, 0.15) is 29.9 Å². The molecule has 6 heteroatoms. The number of hydrogen-bond donors (Lipinski definition) is 1. The minimum atomic E-state index is -0.0389. The van der Waals surface area contributed by atoms with Crippen LogP contribution in [0.3, 0.4) is 0 Å². The highest BCUT2D eigenvalue weighted by atomic mass is 16.5. The first-order chi connectivity index (χ1) is 9.60. The number of hydrogen-bond acceptors (Lipinski definition) is 4. The molecule has 0 radical (unpaired) electrons. The monoisotopic (exact) mass is 280 g/mol. The van der Waals surface area contributed by atoms with Gasteiger partial charge in [-0.2, -0.15) is 5.10 Å². The van der Waals surface area contributed by atoms with E-state index in [1.54, 1.807) is 4.68 Å². The van der Waals surface area contributed by atoms with Gasteiger partial charge in [0.2, 0.25) is 0 Å². The number of amides is 1. The molecule has 1 aliphatic heterocycles. The molecule has 2 rings (SSSR count). The Bertz CT molecular complexity index is 452.